The van der Waals surface area contributed by atoms with E-state index in [0.717, 1.165) is 18.7 Å². The molecule has 2 aromatic heterocycles. The average Bonchev–Trinajstić information content (AvgIpc) is 2.91. The van der Waals surface area contributed by atoms with Gasteiger partial charge in [-0.2, -0.15) is 4.98 Å². The third kappa shape index (κ3) is 3.67. The SMILES string of the molecule is CCCC(Nc1cc(OC)nc(C)n1)c1cccs1. The second-order valence-electron chi connectivity index (χ2n) is 4.34. The van der Waals surface area contributed by atoms with Crippen molar-refractivity contribution in [1.29, 1.82) is 0 Å². The standard InChI is InChI=1S/C14H19N3OS/c1-4-6-11(12-7-5-8-19-12)17-13-9-14(18-3)16-10(2)15-13/h5,7-9,11H,4,6H2,1-3H3,(H,15,16,17). The van der Waals surface area contributed by atoms with Crippen LogP contribution < -0.4 is 10.1 Å². The quantitative estimate of drug-likeness (QED) is 0.872. The van der Waals surface area contributed by atoms with E-state index in [1.807, 2.05) is 13.0 Å². The highest BCUT2D eigenvalue weighted by Gasteiger charge is 2.13. The van der Waals surface area contributed by atoms with Crippen LogP contribution in [-0.2, 0) is 0 Å². The van der Waals surface area contributed by atoms with Crippen molar-refractivity contribution in [1.82, 2.24) is 9.97 Å². The Kier molecular flexibility index (Phi) is 4.74. The summed E-state index contributed by atoms with van der Waals surface area (Å²) in [5.41, 5.74) is 0. The molecule has 2 aromatic rings. The molecule has 1 N–H and O–H groups in total. The first-order valence-corrected chi connectivity index (χ1v) is 7.30. The van der Waals surface area contributed by atoms with E-state index >= 15 is 0 Å². The highest BCUT2D eigenvalue weighted by Crippen LogP contribution is 2.27. The number of ether oxygens (including phenoxy) is 1. The van der Waals surface area contributed by atoms with Crippen LogP contribution in [0.25, 0.3) is 0 Å². The van der Waals surface area contributed by atoms with E-state index in [9.17, 15) is 0 Å². The molecule has 102 valence electrons. The normalized spacial score (nSPS) is 12.2. The van der Waals surface area contributed by atoms with Gasteiger partial charge in [-0.3, -0.25) is 0 Å². The molecule has 0 amide bonds. The van der Waals surface area contributed by atoms with Crippen LogP contribution in [0.4, 0.5) is 5.82 Å². The zero-order valence-electron chi connectivity index (χ0n) is 11.5. The van der Waals surface area contributed by atoms with Crippen LogP contribution >= 0.6 is 11.3 Å². The molecule has 2 heterocycles. The summed E-state index contributed by atoms with van der Waals surface area (Å²) in [5.74, 6) is 2.12. The van der Waals surface area contributed by atoms with Crippen LogP contribution in [0.1, 0.15) is 36.5 Å². The molecule has 2 rings (SSSR count). The lowest BCUT2D eigenvalue weighted by molar-refractivity contribution is 0.396. The van der Waals surface area contributed by atoms with Gasteiger partial charge in [-0.15, -0.1) is 11.3 Å². The molecule has 0 saturated heterocycles. The summed E-state index contributed by atoms with van der Waals surface area (Å²) >= 11 is 1.77. The smallest absolute Gasteiger partial charge is 0.218 e. The van der Waals surface area contributed by atoms with Gasteiger partial charge >= 0.3 is 0 Å². The van der Waals surface area contributed by atoms with Gasteiger partial charge in [0.1, 0.15) is 11.6 Å². The molecule has 0 aliphatic carbocycles. The summed E-state index contributed by atoms with van der Waals surface area (Å²) in [5, 5.41) is 5.58. The van der Waals surface area contributed by atoms with E-state index < -0.39 is 0 Å². The van der Waals surface area contributed by atoms with Gasteiger partial charge < -0.3 is 10.1 Å². The van der Waals surface area contributed by atoms with Crippen molar-refractivity contribution in [3.8, 4) is 5.88 Å². The molecule has 0 fully saturated rings. The fourth-order valence-corrected chi connectivity index (χ4v) is 2.77. The number of anilines is 1. The Morgan fingerprint density at radius 2 is 2.26 bits per heavy atom. The Morgan fingerprint density at radius 1 is 1.42 bits per heavy atom. The molecular formula is C14H19N3OS. The number of hydrogen-bond acceptors (Lipinski definition) is 5. The topological polar surface area (TPSA) is 47.0 Å². The zero-order valence-corrected chi connectivity index (χ0v) is 12.3. The first kappa shape index (κ1) is 13.8. The Morgan fingerprint density at radius 3 is 2.89 bits per heavy atom. The summed E-state index contributed by atoms with van der Waals surface area (Å²) in [6.45, 7) is 4.06. The van der Waals surface area contributed by atoms with Gasteiger partial charge in [-0.1, -0.05) is 19.4 Å². The number of thiophene rings is 1. The second kappa shape index (κ2) is 6.52. The minimum Gasteiger partial charge on any atom is -0.481 e. The molecule has 0 aromatic carbocycles. The molecule has 1 unspecified atom stereocenters. The summed E-state index contributed by atoms with van der Waals surface area (Å²) < 4.78 is 5.18. The number of methoxy groups -OCH3 is 1. The van der Waals surface area contributed by atoms with Crippen molar-refractivity contribution in [2.75, 3.05) is 12.4 Å². The minimum absolute atomic E-state index is 0.295. The lowest BCUT2D eigenvalue weighted by Crippen LogP contribution is -2.11. The average molecular weight is 277 g/mol. The van der Waals surface area contributed by atoms with Crippen LogP contribution in [-0.4, -0.2) is 17.1 Å². The fraction of sp³-hybridized carbons (Fsp3) is 0.429. The Labute approximate surface area is 117 Å². The molecule has 0 radical (unpaired) electrons. The molecule has 0 spiro atoms. The van der Waals surface area contributed by atoms with E-state index in [1.165, 1.54) is 4.88 Å². The summed E-state index contributed by atoms with van der Waals surface area (Å²) in [7, 11) is 1.62. The summed E-state index contributed by atoms with van der Waals surface area (Å²) in [6, 6.07) is 6.37. The molecule has 5 heteroatoms. The summed E-state index contributed by atoms with van der Waals surface area (Å²) in [6.07, 6.45) is 2.20. The van der Waals surface area contributed by atoms with Gasteiger partial charge in [0.15, 0.2) is 0 Å². The van der Waals surface area contributed by atoms with Crippen LogP contribution in [0.3, 0.4) is 0 Å². The van der Waals surface area contributed by atoms with Gasteiger partial charge in [0.2, 0.25) is 5.88 Å². The third-order valence-corrected chi connectivity index (χ3v) is 3.80. The number of aromatic nitrogens is 2. The van der Waals surface area contributed by atoms with Gasteiger partial charge in [0, 0.05) is 10.9 Å². The largest absolute Gasteiger partial charge is 0.481 e. The first-order chi connectivity index (χ1) is 9.22. The molecule has 4 nitrogen and oxygen atoms in total. The molecule has 0 aliphatic heterocycles. The van der Waals surface area contributed by atoms with E-state index in [0.29, 0.717) is 17.7 Å². The van der Waals surface area contributed by atoms with E-state index in [2.05, 4.69) is 39.7 Å². The molecule has 19 heavy (non-hydrogen) atoms. The van der Waals surface area contributed by atoms with E-state index in [-0.39, 0.29) is 0 Å². The molecular weight excluding hydrogens is 258 g/mol. The van der Waals surface area contributed by atoms with Gasteiger partial charge in [-0.05, 0) is 24.8 Å². The predicted molar refractivity (Wildman–Crippen MR) is 78.9 cm³/mol. The maximum Gasteiger partial charge on any atom is 0.218 e. The van der Waals surface area contributed by atoms with Gasteiger partial charge in [0.05, 0.1) is 13.2 Å². The maximum atomic E-state index is 5.18. The lowest BCUT2D eigenvalue weighted by atomic mass is 10.1. The van der Waals surface area contributed by atoms with Crippen molar-refractivity contribution >= 4 is 17.2 Å². The molecule has 0 aliphatic rings. The molecule has 0 bridgehead atoms. The lowest BCUT2D eigenvalue weighted by Gasteiger charge is -2.17. The fourth-order valence-electron chi connectivity index (χ4n) is 1.96. The number of nitrogens with zero attached hydrogens (tertiary/aromatic N) is 2. The summed E-state index contributed by atoms with van der Waals surface area (Å²) in [4.78, 5) is 9.94. The van der Waals surface area contributed by atoms with Crippen molar-refractivity contribution in [2.24, 2.45) is 0 Å². The van der Waals surface area contributed by atoms with Gasteiger partial charge in [-0.25, -0.2) is 4.98 Å². The number of rotatable bonds is 6. The minimum atomic E-state index is 0.295. The monoisotopic (exact) mass is 277 g/mol. The highest BCUT2D eigenvalue weighted by atomic mass is 32.1. The van der Waals surface area contributed by atoms with Crippen LogP contribution in [0.5, 0.6) is 5.88 Å². The Hall–Kier alpha value is -1.62. The van der Waals surface area contributed by atoms with Crippen molar-refractivity contribution in [2.45, 2.75) is 32.7 Å². The Balaban J connectivity index is 2.19. The van der Waals surface area contributed by atoms with E-state index in [1.54, 1.807) is 18.4 Å². The number of hydrogen-bond donors (Lipinski definition) is 1. The van der Waals surface area contributed by atoms with Crippen LogP contribution in [0, 0.1) is 6.92 Å². The first-order valence-electron chi connectivity index (χ1n) is 6.42. The van der Waals surface area contributed by atoms with E-state index in [4.69, 9.17) is 4.74 Å². The Bertz CT molecular complexity index is 513. The molecule has 1 atom stereocenters. The van der Waals surface area contributed by atoms with Crippen molar-refractivity contribution in [3.05, 3.63) is 34.3 Å². The van der Waals surface area contributed by atoms with Crippen LogP contribution in [0.2, 0.25) is 0 Å². The van der Waals surface area contributed by atoms with Crippen molar-refractivity contribution < 1.29 is 4.74 Å². The van der Waals surface area contributed by atoms with Crippen molar-refractivity contribution in [3.63, 3.8) is 0 Å². The number of nitrogens with one attached hydrogen (secondary N) is 1. The van der Waals surface area contributed by atoms with Crippen LogP contribution in [0.15, 0.2) is 23.6 Å². The highest BCUT2D eigenvalue weighted by molar-refractivity contribution is 7.10. The zero-order chi connectivity index (χ0) is 13.7. The number of aryl methyl sites for hydroxylation is 1. The second-order valence-corrected chi connectivity index (χ2v) is 5.32. The molecule has 0 saturated carbocycles. The third-order valence-electron chi connectivity index (χ3n) is 2.81. The predicted octanol–water partition coefficient (Wildman–Crippen LogP) is 3.81. The van der Waals surface area contributed by atoms with Gasteiger partial charge in [0.25, 0.3) is 0 Å². The maximum absolute atomic E-state index is 5.18.